The summed E-state index contributed by atoms with van der Waals surface area (Å²) in [6.07, 6.45) is 4.96. The summed E-state index contributed by atoms with van der Waals surface area (Å²) in [6, 6.07) is 10.6. The molecule has 140 valence electrons. The van der Waals surface area contributed by atoms with E-state index in [0.29, 0.717) is 5.41 Å². The number of hydrogen-bond donors (Lipinski definition) is 1. The summed E-state index contributed by atoms with van der Waals surface area (Å²) in [5.74, 6) is 0. The Morgan fingerprint density at radius 2 is 1.92 bits per heavy atom. The molecule has 0 amide bonds. The summed E-state index contributed by atoms with van der Waals surface area (Å²) < 4.78 is 2.13. The van der Waals surface area contributed by atoms with Crippen molar-refractivity contribution in [3.63, 3.8) is 0 Å². The fourth-order valence-electron chi connectivity index (χ4n) is 4.61. The van der Waals surface area contributed by atoms with Crippen LogP contribution in [0.5, 0.6) is 0 Å². The highest BCUT2D eigenvalue weighted by Gasteiger charge is 2.40. The van der Waals surface area contributed by atoms with Crippen LogP contribution in [0.15, 0.2) is 36.5 Å². The number of nitrogens with one attached hydrogen (secondary N) is 1. The standard InChI is InChI=1S/C22H32N4/c1-21(2,3)20-19(14-25-12-10-22(17-25)9-11-23-16-22)15-26(24-20)13-18-7-5-4-6-8-18/h4-8,15,23H,9-14,16-17H2,1-3H3. The summed E-state index contributed by atoms with van der Waals surface area (Å²) in [7, 11) is 0. The van der Waals surface area contributed by atoms with Gasteiger partial charge in [0, 0.05) is 36.8 Å². The third-order valence-electron chi connectivity index (χ3n) is 5.98. The molecule has 2 fully saturated rings. The minimum Gasteiger partial charge on any atom is -0.316 e. The van der Waals surface area contributed by atoms with E-state index in [4.69, 9.17) is 5.10 Å². The second kappa shape index (κ2) is 6.82. The van der Waals surface area contributed by atoms with E-state index in [2.05, 4.69) is 72.2 Å². The topological polar surface area (TPSA) is 33.1 Å². The van der Waals surface area contributed by atoms with E-state index in [1.807, 2.05) is 0 Å². The Morgan fingerprint density at radius 1 is 1.12 bits per heavy atom. The van der Waals surface area contributed by atoms with Crippen LogP contribution in [0.3, 0.4) is 0 Å². The molecule has 4 rings (SSSR count). The van der Waals surface area contributed by atoms with Crippen molar-refractivity contribution < 1.29 is 0 Å². The van der Waals surface area contributed by atoms with Crippen LogP contribution in [0, 0.1) is 5.41 Å². The Hall–Kier alpha value is -1.65. The van der Waals surface area contributed by atoms with Crippen LogP contribution in [0.1, 0.15) is 50.4 Å². The number of likely N-dealkylation sites (tertiary alicyclic amines) is 1. The van der Waals surface area contributed by atoms with Gasteiger partial charge in [-0.1, -0.05) is 51.1 Å². The zero-order valence-electron chi connectivity index (χ0n) is 16.5. The smallest absolute Gasteiger partial charge is 0.0723 e. The molecule has 0 radical (unpaired) electrons. The molecule has 2 saturated heterocycles. The summed E-state index contributed by atoms with van der Waals surface area (Å²) >= 11 is 0. The van der Waals surface area contributed by atoms with Gasteiger partial charge in [0.2, 0.25) is 0 Å². The maximum atomic E-state index is 4.99. The third kappa shape index (κ3) is 3.72. The van der Waals surface area contributed by atoms with Crippen molar-refractivity contribution in [3.8, 4) is 0 Å². The molecule has 3 heterocycles. The van der Waals surface area contributed by atoms with Crippen molar-refractivity contribution >= 4 is 0 Å². The lowest BCUT2D eigenvalue weighted by molar-refractivity contribution is 0.267. The van der Waals surface area contributed by atoms with Gasteiger partial charge >= 0.3 is 0 Å². The lowest BCUT2D eigenvalue weighted by Gasteiger charge is -2.24. The van der Waals surface area contributed by atoms with Crippen LogP contribution >= 0.6 is 0 Å². The van der Waals surface area contributed by atoms with E-state index >= 15 is 0 Å². The van der Waals surface area contributed by atoms with Crippen molar-refractivity contribution in [2.75, 3.05) is 26.2 Å². The van der Waals surface area contributed by atoms with Crippen molar-refractivity contribution in [1.29, 1.82) is 0 Å². The van der Waals surface area contributed by atoms with E-state index < -0.39 is 0 Å². The highest BCUT2D eigenvalue weighted by Crippen LogP contribution is 2.37. The van der Waals surface area contributed by atoms with Crippen molar-refractivity contribution in [2.24, 2.45) is 5.41 Å². The van der Waals surface area contributed by atoms with Crippen LogP contribution < -0.4 is 5.32 Å². The van der Waals surface area contributed by atoms with E-state index in [1.54, 1.807) is 0 Å². The van der Waals surface area contributed by atoms with Gasteiger partial charge in [-0.15, -0.1) is 0 Å². The molecule has 1 spiro atoms. The first kappa shape index (κ1) is 17.7. The van der Waals surface area contributed by atoms with E-state index in [0.717, 1.165) is 13.1 Å². The normalized spacial score (nSPS) is 24.0. The summed E-state index contributed by atoms with van der Waals surface area (Å²) in [4.78, 5) is 2.64. The lowest BCUT2D eigenvalue weighted by Crippen LogP contribution is -2.29. The second-order valence-electron chi connectivity index (χ2n) is 9.32. The molecule has 1 N–H and O–H groups in total. The van der Waals surface area contributed by atoms with Crippen molar-refractivity contribution in [1.82, 2.24) is 20.0 Å². The first-order valence-corrected chi connectivity index (χ1v) is 9.97. The van der Waals surface area contributed by atoms with Gasteiger partial charge < -0.3 is 5.32 Å². The van der Waals surface area contributed by atoms with Crippen molar-refractivity contribution in [3.05, 3.63) is 53.3 Å². The summed E-state index contributed by atoms with van der Waals surface area (Å²) in [5, 5.41) is 8.55. The molecule has 26 heavy (non-hydrogen) atoms. The van der Waals surface area contributed by atoms with Gasteiger partial charge in [0.05, 0.1) is 12.2 Å². The molecule has 2 aromatic rings. The second-order valence-corrected chi connectivity index (χ2v) is 9.32. The number of rotatable bonds is 4. The molecule has 1 unspecified atom stereocenters. The predicted molar refractivity (Wildman–Crippen MR) is 106 cm³/mol. The molecule has 2 aliphatic rings. The Balaban J connectivity index is 1.53. The van der Waals surface area contributed by atoms with Gasteiger partial charge in [0.1, 0.15) is 0 Å². The fraction of sp³-hybridized carbons (Fsp3) is 0.591. The van der Waals surface area contributed by atoms with Gasteiger partial charge in [-0.25, -0.2) is 0 Å². The molecule has 4 nitrogen and oxygen atoms in total. The molecule has 0 bridgehead atoms. The molecule has 0 aliphatic carbocycles. The van der Waals surface area contributed by atoms with Gasteiger partial charge in [-0.2, -0.15) is 5.10 Å². The highest BCUT2D eigenvalue weighted by atomic mass is 15.3. The Bertz CT molecular complexity index is 735. The molecular formula is C22H32N4. The quantitative estimate of drug-likeness (QED) is 0.915. The molecule has 0 saturated carbocycles. The number of aromatic nitrogens is 2. The zero-order valence-corrected chi connectivity index (χ0v) is 16.5. The maximum absolute atomic E-state index is 4.99. The summed E-state index contributed by atoms with van der Waals surface area (Å²) in [5.41, 5.74) is 4.56. The first-order valence-electron chi connectivity index (χ1n) is 9.97. The Labute approximate surface area is 157 Å². The van der Waals surface area contributed by atoms with Crippen molar-refractivity contribution in [2.45, 2.75) is 52.1 Å². The fourth-order valence-corrected chi connectivity index (χ4v) is 4.61. The van der Waals surface area contributed by atoms with Gasteiger partial charge in [0.15, 0.2) is 0 Å². The van der Waals surface area contributed by atoms with Crippen LogP contribution in [-0.4, -0.2) is 40.9 Å². The Morgan fingerprint density at radius 3 is 2.62 bits per heavy atom. The molecular weight excluding hydrogens is 320 g/mol. The van der Waals surface area contributed by atoms with E-state index in [9.17, 15) is 0 Å². The monoisotopic (exact) mass is 352 g/mol. The van der Waals surface area contributed by atoms with Crippen LogP contribution in [0.2, 0.25) is 0 Å². The highest BCUT2D eigenvalue weighted by molar-refractivity contribution is 5.25. The van der Waals surface area contributed by atoms with E-state index in [1.165, 1.54) is 55.8 Å². The minimum atomic E-state index is 0.0730. The largest absolute Gasteiger partial charge is 0.316 e. The van der Waals surface area contributed by atoms with Crippen LogP contribution in [-0.2, 0) is 18.5 Å². The maximum Gasteiger partial charge on any atom is 0.0723 e. The van der Waals surface area contributed by atoms with Gasteiger partial charge in [0.25, 0.3) is 0 Å². The zero-order chi connectivity index (χ0) is 18.2. The van der Waals surface area contributed by atoms with Crippen LogP contribution in [0.4, 0.5) is 0 Å². The first-order chi connectivity index (χ1) is 12.4. The molecule has 2 aliphatic heterocycles. The van der Waals surface area contributed by atoms with E-state index in [-0.39, 0.29) is 5.41 Å². The summed E-state index contributed by atoms with van der Waals surface area (Å²) in [6.45, 7) is 13.5. The third-order valence-corrected chi connectivity index (χ3v) is 5.98. The Kier molecular flexibility index (Phi) is 4.66. The number of hydrogen-bond acceptors (Lipinski definition) is 3. The number of benzene rings is 1. The minimum absolute atomic E-state index is 0.0730. The van der Waals surface area contributed by atoms with Crippen LogP contribution in [0.25, 0.3) is 0 Å². The average molecular weight is 353 g/mol. The molecule has 1 aromatic carbocycles. The number of nitrogens with zero attached hydrogens (tertiary/aromatic N) is 3. The molecule has 1 atom stereocenters. The molecule has 1 aromatic heterocycles. The van der Waals surface area contributed by atoms with Gasteiger partial charge in [-0.05, 0) is 36.9 Å². The SMILES string of the molecule is CC(C)(C)c1nn(Cc2ccccc2)cc1CN1CCC2(CCNC2)C1. The average Bonchev–Trinajstić information content (AvgIpc) is 3.31. The lowest BCUT2D eigenvalue weighted by atomic mass is 9.86. The molecule has 4 heteroatoms. The predicted octanol–water partition coefficient (Wildman–Crippen LogP) is 3.41. The van der Waals surface area contributed by atoms with Gasteiger partial charge in [-0.3, -0.25) is 9.58 Å².